The molecule has 3 rings (SSSR count). The summed E-state index contributed by atoms with van der Waals surface area (Å²) < 4.78 is 7.86. The molecule has 0 aliphatic heterocycles. The van der Waals surface area contributed by atoms with Crippen LogP contribution >= 0.6 is 0 Å². The quantitative estimate of drug-likeness (QED) is 0.593. The maximum atomic E-state index is 5.67. The summed E-state index contributed by atoms with van der Waals surface area (Å²) in [6, 6.07) is 12.6. The maximum Gasteiger partial charge on any atom is 0.256 e. The third kappa shape index (κ3) is 1.53. The lowest BCUT2D eigenvalue weighted by Crippen LogP contribution is -2.34. The standard InChI is InChI=1S/C16H16NO/c1-11-6-4-5-7-14(11)15-16-13(8-9-18-16)10-12(2)17(15)3/h4-10H,1-3H3/q+1. The van der Waals surface area contributed by atoms with E-state index in [4.69, 9.17) is 4.42 Å². The van der Waals surface area contributed by atoms with Crippen molar-refractivity contribution >= 4 is 11.0 Å². The summed E-state index contributed by atoms with van der Waals surface area (Å²) in [4.78, 5) is 0. The van der Waals surface area contributed by atoms with E-state index >= 15 is 0 Å². The first-order chi connectivity index (χ1) is 8.68. The van der Waals surface area contributed by atoms with Crippen molar-refractivity contribution in [1.29, 1.82) is 0 Å². The highest BCUT2D eigenvalue weighted by Crippen LogP contribution is 2.28. The van der Waals surface area contributed by atoms with Crippen molar-refractivity contribution in [1.82, 2.24) is 0 Å². The SMILES string of the molecule is Cc1ccccc1-c1c2occc2cc(C)[n+]1C. The van der Waals surface area contributed by atoms with E-state index < -0.39 is 0 Å². The fraction of sp³-hybridized carbons (Fsp3) is 0.188. The van der Waals surface area contributed by atoms with Crippen LogP contribution in [0.2, 0.25) is 0 Å². The molecular formula is C16H16NO+. The van der Waals surface area contributed by atoms with Gasteiger partial charge in [0.2, 0.25) is 5.58 Å². The van der Waals surface area contributed by atoms with Crippen LogP contribution in [0.1, 0.15) is 11.3 Å². The Morgan fingerprint density at radius 3 is 2.61 bits per heavy atom. The van der Waals surface area contributed by atoms with Crippen LogP contribution in [-0.2, 0) is 7.05 Å². The van der Waals surface area contributed by atoms with E-state index in [0.717, 1.165) is 16.7 Å². The minimum Gasteiger partial charge on any atom is -0.457 e. The van der Waals surface area contributed by atoms with Gasteiger partial charge in [0, 0.05) is 18.4 Å². The van der Waals surface area contributed by atoms with Gasteiger partial charge in [0.1, 0.15) is 7.05 Å². The molecule has 0 fully saturated rings. The van der Waals surface area contributed by atoms with Gasteiger partial charge in [-0.1, -0.05) is 18.2 Å². The topological polar surface area (TPSA) is 17.0 Å². The second-order valence-corrected chi connectivity index (χ2v) is 4.71. The number of furan rings is 1. The van der Waals surface area contributed by atoms with E-state index in [9.17, 15) is 0 Å². The van der Waals surface area contributed by atoms with Crippen LogP contribution in [0, 0.1) is 13.8 Å². The summed E-state index contributed by atoms with van der Waals surface area (Å²) in [5.74, 6) is 0. The number of rotatable bonds is 1. The smallest absolute Gasteiger partial charge is 0.256 e. The van der Waals surface area contributed by atoms with Gasteiger partial charge in [0.05, 0.1) is 11.8 Å². The van der Waals surface area contributed by atoms with Crippen molar-refractivity contribution < 1.29 is 8.98 Å². The maximum absolute atomic E-state index is 5.67. The van der Waals surface area contributed by atoms with Crippen molar-refractivity contribution in [3.8, 4) is 11.3 Å². The number of fused-ring (bicyclic) bond motifs is 1. The molecule has 1 aromatic carbocycles. The molecule has 0 amide bonds. The number of pyridine rings is 1. The molecule has 2 aromatic heterocycles. The average molecular weight is 238 g/mol. The Hall–Kier alpha value is -2.09. The molecule has 0 N–H and O–H groups in total. The molecule has 0 unspecified atom stereocenters. The lowest BCUT2D eigenvalue weighted by molar-refractivity contribution is -0.665. The molecular weight excluding hydrogens is 222 g/mol. The van der Waals surface area contributed by atoms with Gasteiger partial charge in [-0.05, 0) is 24.6 Å². The monoisotopic (exact) mass is 238 g/mol. The van der Waals surface area contributed by atoms with Crippen molar-refractivity contribution in [3.63, 3.8) is 0 Å². The summed E-state index contributed by atoms with van der Waals surface area (Å²) >= 11 is 0. The molecule has 0 bridgehead atoms. The first kappa shape index (κ1) is 11.0. The number of benzene rings is 1. The first-order valence-corrected chi connectivity index (χ1v) is 6.11. The van der Waals surface area contributed by atoms with Crippen LogP contribution < -0.4 is 4.57 Å². The molecule has 2 heteroatoms. The normalized spacial score (nSPS) is 11.1. The second kappa shape index (κ2) is 3.98. The van der Waals surface area contributed by atoms with Gasteiger partial charge < -0.3 is 4.42 Å². The van der Waals surface area contributed by atoms with Crippen molar-refractivity contribution in [3.05, 3.63) is 53.9 Å². The molecule has 18 heavy (non-hydrogen) atoms. The predicted molar refractivity (Wildman–Crippen MR) is 72.3 cm³/mol. The Morgan fingerprint density at radius 1 is 1.06 bits per heavy atom. The van der Waals surface area contributed by atoms with Gasteiger partial charge in [-0.3, -0.25) is 0 Å². The zero-order valence-electron chi connectivity index (χ0n) is 10.9. The Morgan fingerprint density at radius 2 is 1.83 bits per heavy atom. The van der Waals surface area contributed by atoms with Crippen molar-refractivity contribution in [2.24, 2.45) is 7.05 Å². The molecule has 0 spiro atoms. The molecule has 2 nitrogen and oxygen atoms in total. The first-order valence-electron chi connectivity index (χ1n) is 6.11. The van der Waals surface area contributed by atoms with Crippen LogP contribution in [0.15, 0.2) is 47.1 Å². The lowest BCUT2D eigenvalue weighted by Gasteiger charge is -2.06. The van der Waals surface area contributed by atoms with Crippen LogP contribution in [-0.4, -0.2) is 0 Å². The minimum atomic E-state index is 0.956. The van der Waals surface area contributed by atoms with E-state index in [1.54, 1.807) is 6.26 Å². The number of aryl methyl sites for hydroxylation is 2. The van der Waals surface area contributed by atoms with Crippen LogP contribution in [0.5, 0.6) is 0 Å². The van der Waals surface area contributed by atoms with Gasteiger partial charge in [0.25, 0.3) is 5.69 Å². The van der Waals surface area contributed by atoms with E-state index in [0.29, 0.717) is 0 Å². The fourth-order valence-corrected chi connectivity index (χ4v) is 2.42. The van der Waals surface area contributed by atoms with Gasteiger partial charge >= 0.3 is 0 Å². The van der Waals surface area contributed by atoms with Crippen LogP contribution in [0.25, 0.3) is 22.2 Å². The van der Waals surface area contributed by atoms with Gasteiger partial charge in [-0.15, -0.1) is 0 Å². The van der Waals surface area contributed by atoms with Crippen molar-refractivity contribution in [2.75, 3.05) is 0 Å². The average Bonchev–Trinajstić information content (AvgIpc) is 2.80. The third-order valence-corrected chi connectivity index (χ3v) is 3.54. The number of aromatic nitrogens is 1. The van der Waals surface area contributed by atoms with Crippen LogP contribution in [0.3, 0.4) is 0 Å². The summed E-state index contributed by atoms with van der Waals surface area (Å²) in [5.41, 5.74) is 5.81. The highest BCUT2D eigenvalue weighted by molar-refractivity contribution is 5.89. The number of hydrogen-bond donors (Lipinski definition) is 0. The summed E-state index contributed by atoms with van der Waals surface area (Å²) in [7, 11) is 2.08. The molecule has 0 saturated heterocycles. The van der Waals surface area contributed by atoms with E-state index in [2.05, 4.69) is 55.8 Å². The highest BCUT2D eigenvalue weighted by atomic mass is 16.3. The summed E-state index contributed by atoms with van der Waals surface area (Å²) in [5, 5.41) is 1.16. The Bertz CT molecular complexity index is 725. The molecule has 2 heterocycles. The highest BCUT2D eigenvalue weighted by Gasteiger charge is 2.21. The fourth-order valence-electron chi connectivity index (χ4n) is 2.42. The Balaban J connectivity index is 2.44. The third-order valence-electron chi connectivity index (χ3n) is 3.54. The zero-order chi connectivity index (χ0) is 12.7. The molecule has 0 atom stereocenters. The number of nitrogens with zero attached hydrogens (tertiary/aromatic N) is 1. The predicted octanol–water partition coefficient (Wildman–Crippen LogP) is 3.54. The molecule has 3 aromatic rings. The van der Waals surface area contributed by atoms with Gasteiger partial charge in [-0.25, -0.2) is 0 Å². The number of hydrogen-bond acceptors (Lipinski definition) is 1. The van der Waals surface area contributed by atoms with Crippen molar-refractivity contribution in [2.45, 2.75) is 13.8 Å². The van der Waals surface area contributed by atoms with E-state index in [-0.39, 0.29) is 0 Å². The Labute approximate surface area is 106 Å². The second-order valence-electron chi connectivity index (χ2n) is 4.71. The molecule has 90 valence electrons. The van der Waals surface area contributed by atoms with Crippen LogP contribution in [0.4, 0.5) is 0 Å². The molecule has 0 radical (unpaired) electrons. The molecule has 0 aliphatic rings. The van der Waals surface area contributed by atoms with E-state index in [1.165, 1.54) is 16.8 Å². The van der Waals surface area contributed by atoms with E-state index in [1.807, 2.05) is 6.07 Å². The largest absolute Gasteiger partial charge is 0.457 e. The minimum absolute atomic E-state index is 0.956. The molecule has 0 aliphatic carbocycles. The zero-order valence-corrected chi connectivity index (χ0v) is 10.9. The lowest BCUT2D eigenvalue weighted by atomic mass is 10.0. The summed E-state index contributed by atoms with van der Waals surface area (Å²) in [6.45, 7) is 4.25. The summed E-state index contributed by atoms with van der Waals surface area (Å²) in [6.07, 6.45) is 1.76. The van der Waals surface area contributed by atoms with Gasteiger partial charge in [0.15, 0.2) is 5.69 Å². The molecule has 0 saturated carbocycles. The Kier molecular flexibility index (Phi) is 2.44. The van der Waals surface area contributed by atoms with Gasteiger partial charge in [-0.2, -0.15) is 4.57 Å².